The Morgan fingerprint density at radius 2 is 1.76 bits per heavy atom. The highest BCUT2D eigenvalue weighted by Gasteiger charge is 2.50. The lowest BCUT2D eigenvalue weighted by Gasteiger charge is -2.44. The van der Waals surface area contributed by atoms with E-state index < -0.39 is 16.8 Å². The normalized spacial score (nSPS) is 28.6. The van der Waals surface area contributed by atoms with E-state index in [9.17, 15) is 14.7 Å². The number of fused-ring (bicyclic) bond motifs is 1. The van der Waals surface area contributed by atoms with Crippen LogP contribution in [0.15, 0.2) is 35.5 Å². The maximum atomic E-state index is 12.8. The fourth-order valence-corrected chi connectivity index (χ4v) is 9.13. The van der Waals surface area contributed by atoms with E-state index in [1.54, 1.807) is 5.57 Å². The average molecular weight is 714 g/mol. The number of aldehydes is 1. The van der Waals surface area contributed by atoms with Gasteiger partial charge in [0.1, 0.15) is 12.9 Å². The molecule has 0 heterocycles. The second-order valence-corrected chi connectivity index (χ2v) is 17.6. The van der Waals surface area contributed by atoms with Gasteiger partial charge in [-0.1, -0.05) is 70.4 Å². The molecule has 0 bridgehead atoms. The SMILES string of the molecule is C=C1CC[C@H](OCCCNC(=O)CC(C)(CC)OCCC(C)(CC)OCC=O)C/C1=C/C=C1\CCC[C@]2(C)[C@@H]([C@H](C)CCCC(C)(C)O)CC[C@@H]12. The molecule has 2 N–H and O–H groups in total. The number of aliphatic hydroxyl groups is 1. The molecule has 0 aromatic rings. The van der Waals surface area contributed by atoms with Crippen molar-refractivity contribution in [2.45, 2.75) is 181 Å². The molecule has 3 rings (SSSR count). The Morgan fingerprint density at radius 1 is 1.02 bits per heavy atom. The van der Waals surface area contributed by atoms with E-state index in [0.29, 0.717) is 49.9 Å². The van der Waals surface area contributed by atoms with Gasteiger partial charge in [-0.3, -0.25) is 4.79 Å². The van der Waals surface area contributed by atoms with Gasteiger partial charge >= 0.3 is 0 Å². The molecule has 0 saturated heterocycles. The number of carbonyl (C=O) groups is 2. The number of nitrogens with one attached hydrogen (secondary N) is 1. The summed E-state index contributed by atoms with van der Waals surface area (Å²) >= 11 is 0. The Hall–Kier alpha value is -1.80. The number of ether oxygens (including phenoxy) is 3. The van der Waals surface area contributed by atoms with Crippen molar-refractivity contribution in [1.82, 2.24) is 5.32 Å². The van der Waals surface area contributed by atoms with Crippen LogP contribution in [0.1, 0.15) is 158 Å². The Morgan fingerprint density at radius 3 is 2.45 bits per heavy atom. The highest BCUT2D eigenvalue weighted by atomic mass is 16.5. The predicted molar refractivity (Wildman–Crippen MR) is 209 cm³/mol. The first-order chi connectivity index (χ1) is 24.1. The maximum absolute atomic E-state index is 12.8. The monoisotopic (exact) mass is 714 g/mol. The lowest BCUT2D eigenvalue weighted by Crippen LogP contribution is -2.38. The molecular weight excluding hydrogens is 638 g/mol. The van der Waals surface area contributed by atoms with E-state index in [4.69, 9.17) is 14.2 Å². The van der Waals surface area contributed by atoms with Gasteiger partial charge in [0.05, 0.1) is 35.9 Å². The van der Waals surface area contributed by atoms with Crippen LogP contribution in [-0.4, -0.2) is 66.6 Å². The fourth-order valence-electron chi connectivity index (χ4n) is 9.13. The summed E-state index contributed by atoms with van der Waals surface area (Å²) < 4.78 is 18.2. The molecule has 3 fully saturated rings. The second-order valence-electron chi connectivity index (χ2n) is 17.6. The molecule has 0 aromatic carbocycles. The first kappa shape index (κ1) is 43.6. The van der Waals surface area contributed by atoms with Gasteiger partial charge in [0.25, 0.3) is 0 Å². The highest BCUT2D eigenvalue weighted by molar-refractivity contribution is 5.76. The van der Waals surface area contributed by atoms with E-state index in [1.165, 1.54) is 49.7 Å². The molecule has 1 amide bonds. The van der Waals surface area contributed by atoms with Crippen molar-refractivity contribution in [3.05, 3.63) is 35.5 Å². The molecule has 51 heavy (non-hydrogen) atoms. The van der Waals surface area contributed by atoms with Crippen LogP contribution in [-0.2, 0) is 23.8 Å². The summed E-state index contributed by atoms with van der Waals surface area (Å²) in [6.07, 6.45) is 21.6. The number of carbonyl (C=O) groups excluding carboxylic acids is 2. The molecule has 0 aromatic heterocycles. The van der Waals surface area contributed by atoms with Crippen molar-refractivity contribution in [1.29, 1.82) is 0 Å². The third-order valence-electron chi connectivity index (χ3n) is 12.9. The summed E-state index contributed by atoms with van der Waals surface area (Å²) in [5.74, 6) is 2.14. The average Bonchev–Trinajstić information content (AvgIpc) is 3.44. The van der Waals surface area contributed by atoms with E-state index in [-0.39, 0.29) is 18.6 Å². The van der Waals surface area contributed by atoms with Crippen LogP contribution < -0.4 is 5.32 Å². The van der Waals surface area contributed by atoms with Crippen LogP contribution in [0.25, 0.3) is 0 Å². The van der Waals surface area contributed by atoms with E-state index in [2.05, 4.69) is 37.9 Å². The molecule has 292 valence electrons. The molecule has 3 aliphatic rings. The zero-order valence-electron chi connectivity index (χ0n) is 33.9. The topological polar surface area (TPSA) is 94.1 Å². The van der Waals surface area contributed by atoms with Gasteiger partial charge in [-0.25, -0.2) is 0 Å². The summed E-state index contributed by atoms with van der Waals surface area (Å²) in [4.78, 5) is 23.6. The van der Waals surface area contributed by atoms with Crippen molar-refractivity contribution in [2.24, 2.45) is 23.2 Å². The summed E-state index contributed by atoms with van der Waals surface area (Å²) in [6, 6.07) is 0. The number of hydrogen-bond acceptors (Lipinski definition) is 6. The minimum Gasteiger partial charge on any atom is -0.390 e. The summed E-state index contributed by atoms with van der Waals surface area (Å²) in [6.45, 7) is 23.1. The quantitative estimate of drug-likeness (QED) is 0.0858. The van der Waals surface area contributed by atoms with Crippen LogP contribution in [0.2, 0.25) is 0 Å². The Bertz CT molecular complexity index is 1190. The summed E-state index contributed by atoms with van der Waals surface area (Å²) in [5.41, 5.74) is 3.08. The lowest BCUT2D eigenvalue weighted by molar-refractivity contribution is -0.133. The van der Waals surface area contributed by atoms with Crippen LogP contribution >= 0.6 is 0 Å². The van der Waals surface area contributed by atoms with Crippen molar-refractivity contribution in [3.8, 4) is 0 Å². The van der Waals surface area contributed by atoms with Crippen molar-refractivity contribution < 1.29 is 28.9 Å². The fraction of sp³-hybridized carbons (Fsp3) is 0.818. The van der Waals surface area contributed by atoms with Crippen molar-refractivity contribution >= 4 is 12.2 Å². The Balaban J connectivity index is 1.43. The van der Waals surface area contributed by atoms with Gasteiger partial charge < -0.3 is 29.4 Å². The van der Waals surface area contributed by atoms with Gasteiger partial charge in [0, 0.05) is 13.2 Å². The molecule has 0 spiro atoms. The maximum Gasteiger partial charge on any atom is 0.222 e. The van der Waals surface area contributed by atoms with Crippen molar-refractivity contribution in [2.75, 3.05) is 26.4 Å². The Kier molecular flexibility index (Phi) is 17.1. The molecule has 2 unspecified atom stereocenters. The summed E-state index contributed by atoms with van der Waals surface area (Å²) in [5, 5.41) is 13.3. The van der Waals surface area contributed by atoms with Crippen LogP contribution in [0.4, 0.5) is 0 Å². The van der Waals surface area contributed by atoms with Gasteiger partial charge in [0.2, 0.25) is 5.91 Å². The van der Waals surface area contributed by atoms with Gasteiger partial charge in [-0.2, -0.15) is 0 Å². The first-order valence-corrected chi connectivity index (χ1v) is 20.5. The predicted octanol–water partition coefficient (Wildman–Crippen LogP) is 9.61. The third kappa shape index (κ3) is 13.5. The van der Waals surface area contributed by atoms with Gasteiger partial charge in [-0.15, -0.1) is 0 Å². The standard InChI is InChI=1S/C44H75NO6/c1-10-42(7,51-30-27-46)25-29-50-43(8,11-2)32-40(47)45-26-14-28-49-37-20-17-33(3)36(31-37)19-18-35-16-13-24-44(9)38(21-22-39(35)44)34(4)15-12-23-41(5,6)48/h18-19,27,34,37-39,48H,3,10-17,20-26,28-32H2,1-2,4-9H3,(H,45,47)/b35-18+,36-19-/t34-,37+,38-,39+,42?,43?,44-/m1/s1. The molecule has 7 heteroatoms. The van der Waals surface area contributed by atoms with E-state index in [0.717, 1.165) is 63.6 Å². The molecule has 7 atom stereocenters. The smallest absolute Gasteiger partial charge is 0.222 e. The zero-order valence-corrected chi connectivity index (χ0v) is 33.9. The van der Waals surface area contributed by atoms with Gasteiger partial charge in [-0.05, 0) is 140 Å². The molecule has 3 saturated carbocycles. The molecule has 0 radical (unpaired) electrons. The minimum atomic E-state index is -0.566. The number of rotatable bonds is 22. The van der Waals surface area contributed by atoms with E-state index in [1.807, 2.05) is 41.5 Å². The van der Waals surface area contributed by atoms with Crippen molar-refractivity contribution in [3.63, 3.8) is 0 Å². The Labute approximate surface area is 311 Å². The number of amides is 1. The highest BCUT2D eigenvalue weighted by Crippen LogP contribution is 2.60. The largest absolute Gasteiger partial charge is 0.390 e. The number of hydrogen-bond donors (Lipinski definition) is 2. The summed E-state index contributed by atoms with van der Waals surface area (Å²) in [7, 11) is 0. The molecule has 0 aliphatic heterocycles. The number of allylic oxidation sites excluding steroid dienone is 4. The van der Waals surface area contributed by atoms with E-state index >= 15 is 0 Å². The van der Waals surface area contributed by atoms with Crippen LogP contribution in [0, 0.1) is 23.2 Å². The zero-order chi connectivity index (χ0) is 37.7. The molecule has 7 nitrogen and oxygen atoms in total. The third-order valence-corrected chi connectivity index (χ3v) is 12.9. The first-order valence-electron chi connectivity index (χ1n) is 20.5. The van der Waals surface area contributed by atoms with Crippen LogP contribution in [0.5, 0.6) is 0 Å². The minimum absolute atomic E-state index is 0.00498. The molecular formula is C44H75NO6. The molecule has 3 aliphatic carbocycles. The van der Waals surface area contributed by atoms with Crippen LogP contribution in [0.3, 0.4) is 0 Å². The second kappa shape index (κ2) is 20.0. The lowest BCUT2D eigenvalue weighted by atomic mass is 9.60. The van der Waals surface area contributed by atoms with Gasteiger partial charge in [0.15, 0.2) is 0 Å².